The number of carbonyl (C=O) groups is 2. The summed E-state index contributed by atoms with van der Waals surface area (Å²) in [5.74, 6) is -1.83. The molecule has 2 N–H and O–H groups in total. The summed E-state index contributed by atoms with van der Waals surface area (Å²) in [6, 6.07) is 1.12. The van der Waals surface area contributed by atoms with Gasteiger partial charge in [0.05, 0.1) is 17.1 Å². The van der Waals surface area contributed by atoms with Gasteiger partial charge in [-0.15, -0.1) is 0 Å². The molecule has 0 aromatic carbocycles. The standard InChI is InChI=1S/C10H10N2O6S/c13-8(6-3-7(12(16)17)19-4-6)11-10(9(14)15)1-2-18-5-10/h3-4H,1-2,5H2,(H,11,13)(H,14,15). The van der Waals surface area contributed by atoms with Gasteiger partial charge >= 0.3 is 11.0 Å². The lowest BCUT2D eigenvalue weighted by molar-refractivity contribution is -0.380. The topological polar surface area (TPSA) is 119 Å². The monoisotopic (exact) mass is 286 g/mol. The van der Waals surface area contributed by atoms with Crippen LogP contribution in [-0.4, -0.2) is 40.7 Å². The zero-order chi connectivity index (χ0) is 14.0. The van der Waals surface area contributed by atoms with Gasteiger partial charge in [-0.05, 0) is 0 Å². The van der Waals surface area contributed by atoms with Crippen molar-refractivity contribution < 1.29 is 24.4 Å². The van der Waals surface area contributed by atoms with Crippen LogP contribution in [0.2, 0.25) is 0 Å². The Morgan fingerprint density at radius 2 is 2.32 bits per heavy atom. The van der Waals surface area contributed by atoms with E-state index in [9.17, 15) is 19.7 Å². The van der Waals surface area contributed by atoms with E-state index in [0.29, 0.717) is 0 Å². The smallest absolute Gasteiger partial charge is 0.331 e. The van der Waals surface area contributed by atoms with Crippen LogP contribution < -0.4 is 5.32 Å². The van der Waals surface area contributed by atoms with Crippen molar-refractivity contribution in [2.75, 3.05) is 13.2 Å². The van der Waals surface area contributed by atoms with E-state index in [4.69, 9.17) is 9.84 Å². The molecule has 102 valence electrons. The molecule has 1 aromatic heterocycles. The van der Waals surface area contributed by atoms with Crippen LogP contribution in [0.25, 0.3) is 0 Å². The van der Waals surface area contributed by atoms with Crippen LogP contribution in [0.5, 0.6) is 0 Å². The summed E-state index contributed by atoms with van der Waals surface area (Å²) in [6.07, 6.45) is 0.167. The van der Waals surface area contributed by atoms with Crippen LogP contribution >= 0.6 is 11.3 Å². The number of hydrogen-bond donors (Lipinski definition) is 2. The van der Waals surface area contributed by atoms with Gasteiger partial charge in [0, 0.05) is 24.5 Å². The van der Waals surface area contributed by atoms with Crippen LogP contribution in [0.3, 0.4) is 0 Å². The summed E-state index contributed by atoms with van der Waals surface area (Å²) in [5, 5.41) is 23.2. The number of nitro groups is 1. The molecule has 1 amide bonds. The largest absolute Gasteiger partial charge is 0.479 e. The van der Waals surface area contributed by atoms with Gasteiger partial charge in [-0.25, -0.2) is 4.79 Å². The Morgan fingerprint density at radius 3 is 2.79 bits per heavy atom. The second kappa shape index (κ2) is 4.94. The van der Waals surface area contributed by atoms with E-state index in [2.05, 4.69) is 5.32 Å². The lowest BCUT2D eigenvalue weighted by atomic mass is 9.98. The van der Waals surface area contributed by atoms with Crippen molar-refractivity contribution in [3.8, 4) is 0 Å². The first kappa shape index (κ1) is 13.4. The molecular weight excluding hydrogens is 276 g/mol. The van der Waals surface area contributed by atoms with Crippen LogP contribution in [0.4, 0.5) is 5.00 Å². The van der Waals surface area contributed by atoms with E-state index >= 15 is 0 Å². The molecule has 1 aliphatic rings. The number of nitrogens with one attached hydrogen (secondary N) is 1. The first-order valence-electron chi connectivity index (χ1n) is 5.31. The van der Waals surface area contributed by atoms with Crippen molar-refractivity contribution in [3.63, 3.8) is 0 Å². The molecule has 2 heterocycles. The summed E-state index contributed by atoms with van der Waals surface area (Å²) < 4.78 is 5.00. The molecular formula is C10H10N2O6S. The fraction of sp³-hybridized carbons (Fsp3) is 0.400. The molecule has 2 rings (SSSR count). The van der Waals surface area contributed by atoms with Crippen molar-refractivity contribution in [3.05, 3.63) is 27.1 Å². The molecule has 0 spiro atoms. The molecule has 1 fully saturated rings. The van der Waals surface area contributed by atoms with Gasteiger partial charge in [-0.2, -0.15) is 0 Å². The second-order valence-electron chi connectivity index (χ2n) is 4.07. The van der Waals surface area contributed by atoms with Gasteiger partial charge in [0.25, 0.3) is 5.91 Å². The minimum atomic E-state index is -1.45. The van der Waals surface area contributed by atoms with Gasteiger partial charge < -0.3 is 15.2 Å². The Kier molecular flexibility index (Phi) is 3.49. The molecule has 0 radical (unpaired) electrons. The molecule has 9 heteroatoms. The molecule has 1 unspecified atom stereocenters. The van der Waals surface area contributed by atoms with Crippen LogP contribution in [0.15, 0.2) is 11.4 Å². The highest BCUT2D eigenvalue weighted by Crippen LogP contribution is 2.24. The van der Waals surface area contributed by atoms with Crippen molar-refractivity contribution in [2.45, 2.75) is 12.0 Å². The number of nitrogens with zero attached hydrogens (tertiary/aromatic N) is 1. The maximum absolute atomic E-state index is 11.9. The summed E-state index contributed by atoms with van der Waals surface area (Å²) in [6.45, 7) is 0.136. The van der Waals surface area contributed by atoms with E-state index < -0.39 is 22.3 Å². The van der Waals surface area contributed by atoms with Crippen molar-refractivity contribution >= 4 is 28.2 Å². The third kappa shape index (κ3) is 2.56. The van der Waals surface area contributed by atoms with E-state index in [-0.39, 0.29) is 30.2 Å². The highest BCUT2D eigenvalue weighted by molar-refractivity contribution is 7.13. The lowest BCUT2D eigenvalue weighted by Crippen LogP contribution is -2.55. The maximum Gasteiger partial charge on any atom is 0.331 e. The molecule has 0 saturated carbocycles. The zero-order valence-electron chi connectivity index (χ0n) is 9.62. The Balaban J connectivity index is 2.15. The van der Waals surface area contributed by atoms with Crippen LogP contribution in [0.1, 0.15) is 16.8 Å². The highest BCUT2D eigenvalue weighted by Gasteiger charge is 2.44. The predicted molar refractivity (Wildman–Crippen MR) is 64.2 cm³/mol. The Labute approximate surface area is 111 Å². The van der Waals surface area contributed by atoms with E-state index in [1.165, 1.54) is 5.38 Å². The molecule has 1 aromatic rings. The van der Waals surface area contributed by atoms with Gasteiger partial charge in [0.1, 0.15) is 0 Å². The lowest BCUT2D eigenvalue weighted by Gasteiger charge is -2.23. The third-order valence-corrected chi connectivity index (χ3v) is 3.69. The quantitative estimate of drug-likeness (QED) is 0.619. The minimum absolute atomic E-state index is 0.0734. The predicted octanol–water partition coefficient (Wildman–Crippen LogP) is 0.630. The molecule has 0 aliphatic carbocycles. The first-order chi connectivity index (χ1) is 8.94. The van der Waals surface area contributed by atoms with Gasteiger partial charge in [-0.1, -0.05) is 11.3 Å². The highest BCUT2D eigenvalue weighted by atomic mass is 32.1. The van der Waals surface area contributed by atoms with Crippen LogP contribution in [-0.2, 0) is 9.53 Å². The average molecular weight is 286 g/mol. The fourth-order valence-corrected chi connectivity index (χ4v) is 2.42. The molecule has 1 atom stereocenters. The number of carboxylic acid groups (broad SMARTS) is 1. The SMILES string of the molecule is O=C(NC1(C(=O)O)CCOC1)c1csc([N+](=O)[O-])c1. The number of rotatable bonds is 4. The second-order valence-corrected chi connectivity index (χ2v) is 4.96. The summed E-state index contributed by atoms with van der Waals surface area (Å²) >= 11 is 0.813. The van der Waals surface area contributed by atoms with Crippen LogP contribution in [0, 0.1) is 10.1 Å². The van der Waals surface area contributed by atoms with Crippen molar-refractivity contribution in [2.24, 2.45) is 0 Å². The molecule has 1 aliphatic heterocycles. The third-order valence-electron chi connectivity index (χ3n) is 2.81. The summed E-state index contributed by atoms with van der Waals surface area (Å²) in [5.41, 5.74) is -1.38. The van der Waals surface area contributed by atoms with Crippen molar-refractivity contribution in [1.29, 1.82) is 0 Å². The Bertz CT molecular complexity index is 534. The number of thiophene rings is 1. The van der Waals surface area contributed by atoms with Gasteiger partial charge in [0.15, 0.2) is 5.54 Å². The summed E-state index contributed by atoms with van der Waals surface area (Å²) in [7, 11) is 0. The molecule has 1 saturated heterocycles. The molecule has 8 nitrogen and oxygen atoms in total. The molecule has 19 heavy (non-hydrogen) atoms. The molecule has 0 bridgehead atoms. The summed E-state index contributed by atoms with van der Waals surface area (Å²) in [4.78, 5) is 33.0. The van der Waals surface area contributed by atoms with E-state index in [1.54, 1.807) is 0 Å². The number of carbonyl (C=O) groups excluding carboxylic acids is 1. The number of aliphatic carboxylic acids is 1. The minimum Gasteiger partial charge on any atom is -0.479 e. The number of amides is 1. The first-order valence-corrected chi connectivity index (χ1v) is 6.19. The zero-order valence-corrected chi connectivity index (χ0v) is 10.4. The fourth-order valence-electron chi connectivity index (χ4n) is 1.71. The Morgan fingerprint density at radius 1 is 1.58 bits per heavy atom. The van der Waals surface area contributed by atoms with E-state index in [0.717, 1.165) is 17.4 Å². The number of carboxylic acids is 1. The normalized spacial score (nSPS) is 22.1. The Hall–Kier alpha value is -2.00. The maximum atomic E-state index is 11.9. The average Bonchev–Trinajstić information content (AvgIpc) is 2.97. The van der Waals surface area contributed by atoms with E-state index in [1.807, 2.05) is 0 Å². The van der Waals surface area contributed by atoms with Gasteiger partial charge in [0.2, 0.25) is 0 Å². The number of hydrogen-bond acceptors (Lipinski definition) is 6. The van der Waals surface area contributed by atoms with Crippen molar-refractivity contribution in [1.82, 2.24) is 5.32 Å². The number of ether oxygens (including phenoxy) is 1. The van der Waals surface area contributed by atoms with Gasteiger partial charge in [-0.3, -0.25) is 14.9 Å².